The van der Waals surface area contributed by atoms with Crippen LogP contribution in [0.4, 0.5) is 5.69 Å². The number of benzene rings is 3. The standard InChI is InChI=1S/C18H15NO2/c1-21-17-11-13(9-10-16(17)19)18(20)15-8-4-6-12-5-2-3-7-14(12)15/h2-11H,19H2,1H3. The van der Waals surface area contributed by atoms with Crippen LogP contribution in [-0.2, 0) is 0 Å². The van der Waals surface area contributed by atoms with E-state index in [1.54, 1.807) is 18.2 Å². The van der Waals surface area contributed by atoms with E-state index in [0.29, 0.717) is 22.6 Å². The minimum absolute atomic E-state index is 0.0369. The van der Waals surface area contributed by atoms with E-state index in [2.05, 4.69) is 0 Å². The molecular formula is C18H15NO2. The second kappa shape index (κ2) is 5.29. The molecule has 0 spiro atoms. The third-order valence-corrected chi connectivity index (χ3v) is 3.53. The van der Waals surface area contributed by atoms with E-state index in [1.807, 2.05) is 42.5 Å². The van der Waals surface area contributed by atoms with Gasteiger partial charge in [0.15, 0.2) is 5.78 Å². The minimum Gasteiger partial charge on any atom is -0.495 e. The molecule has 0 aliphatic heterocycles. The zero-order valence-electron chi connectivity index (χ0n) is 11.7. The molecule has 0 aromatic heterocycles. The molecule has 3 aromatic rings. The van der Waals surface area contributed by atoms with E-state index < -0.39 is 0 Å². The Hall–Kier alpha value is -2.81. The summed E-state index contributed by atoms with van der Waals surface area (Å²) < 4.78 is 5.18. The van der Waals surface area contributed by atoms with Crippen LogP contribution in [0.2, 0.25) is 0 Å². The molecule has 3 nitrogen and oxygen atoms in total. The van der Waals surface area contributed by atoms with Crippen molar-refractivity contribution in [2.75, 3.05) is 12.8 Å². The highest BCUT2D eigenvalue weighted by Gasteiger charge is 2.13. The number of hydrogen-bond donors (Lipinski definition) is 1. The lowest BCUT2D eigenvalue weighted by Crippen LogP contribution is -2.03. The number of rotatable bonds is 3. The number of fused-ring (bicyclic) bond motifs is 1. The molecule has 0 bridgehead atoms. The molecule has 3 heteroatoms. The molecule has 2 N–H and O–H groups in total. The van der Waals surface area contributed by atoms with Crippen LogP contribution in [0.1, 0.15) is 15.9 Å². The van der Waals surface area contributed by atoms with Crippen molar-refractivity contribution in [3.8, 4) is 5.75 Å². The Morgan fingerprint density at radius 2 is 1.76 bits per heavy atom. The summed E-state index contributed by atoms with van der Waals surface area (Å²) in [5, 5.41) is 1.99. The number of methoxy groups -OCH3 is 1. The molecule has 0 saturated heterocycles. The van der Waals surface area contributed by atoms with Gasteiger partial charge in [0.2, 0.25) is 0 Å². The van der Waals surface area contributed by atoms with E-state index >= 15 is 0 Å². The Morgan fingerprint density at radius 3 is 2.57 bits per heavy atom. The summed E-state index contributed by atoms with van der Waals surface area (Å²) in [6.07, 6.45) is 0. The van der Waals surface area contributed by atoms with Gasteiger partial charge in [-0.05, 0) is 29.0 Å². The number of ketones is 1. The first kappa shape index (κ1) is 13.2. The predicted molar refractivity (Wildman–Crippen MR) is 84.8 cm³/mol. The normalized spacial score (nSPS) is 10.5. The van der Waals surface area contributed by atoms with Crippen molar-refractivity contribution in [2.45, 2.75) is 0 Å². The highest BCUT2D eigenvalue weighted by Crippen LogP contribution is 2.26. The summed E-state index contributed by atoms with van der Waals surface area (Å²) in [6.45, 7) is 0. The first-order valence-corrected chi connectivity index (χ1v) is 6.66. The van der Waals surface area contributed by atoms with Crippen molar-refractivity contribution in [2.24, 2.45) is 0 Å². The fourth-order valence-corrected chi connectivity index (χ4v) is 2.43. The van der Waals surface area contributed by atoms with E-state index in [-0.39, 0.29) is 5.78 Å². The number of carbonyl (C=O) groups is 1. The van der Waals surface area contributed by atoms with Gasteiger partial charge in [-0.15, -0.1) is 0 Å². The minimum atomic E-state index is -0.0369. The van der Waals surface area contributed by atoms with Crippen molar-refractivity contribution >= 4 is 22.2 Å². The molecule has 0 fully saturated rings. The maximum atomic E-state index is 12.7. The van der Waals surface area contributed by atoms with Gasteiger partial charge in [-0.3, -0.25) is 4.79 Å². The Labute approximate surface area is 123 Å². The quantitative estimate of drug-likeness (QED) is 0.587. The summed E-state index contributed by atoms with van der Waals surface area (Å²) in [7, 11) is 1.54. The Bertz CT molecular complexity index is 819. The van der Waals surface area contributed by atoms with Crippen LogP contribution in [0.15, 0.2) is 60.7 Å². The van der Waals surface area contributed by atoms with Crippen molar-refractivity contribution < 1.29 is 9.53 Å². The average Bonchev–Trinajstić information content (AvgIpc) is 2.54. The van der Waals surface area contributed by atoms with Crippen LogP contribution >= 0.6 is 0 Å². The maximum absolute atomic E-state index is 12.7. The SMILES string of the molecule is COc1cc(C(=O)c2cccc3ccccc23)ccc1N. The molecule has 0 radical (unpaired) electrons. The van der Waals surface area contributed by atoms with Crippen LogP contribution in [0.5, 0.6) is 5.75 Å². The summed E-state index contributed by atoms with van der Waals surface area (Å²) in [5.74, 6) is 0.478. The van der Waals surface area contributed by atoms with E-state index in [9.17, 15) is 4.79 Å². The Balaban J connectivity index is 2.13. The third kappa shape index (κ3) is 2.34. The van der Waals surface area contributed by atoms with Gasteiger partial charge in [-0.2, -0.15) is 0 Å². The average molecular weight is 277 g/mol. The van der Waals surface area contributed by atoms with Gasteiger partial charge in [0, 0.05) is 11.1 Å². The van der Waals surface area contributed by atoms with Gasteiger partial charge in [0.25, 0.3) is 0 Å². The van der Waals surface area contributed by atoms with Crippen LogP contribution in [0, 0.1) is 0 Å². The zero-order chi connectivity index (χ0) is 14.8. The molecule has 0 amide bonds. The number of hydrogen-bond acceptors (Lipinski definition) is 3. The van der Waals surface area contributed by atoms with Crippen molar-refractivity contribution in [1.29, 1.82) is 0 Å². The highest BCUT2D eigenvalue weighted by molar-refractivity contribution is 6.16. The van der Waals surface area contributed by atoms with Gasteiger partial charge in [0.1, 0.15) is 5.75 Å². The smallest absolute Gasteiger partial charge is 0.193 e. The highest BCUT2D eigenvalue weighted by atomic mass is 16.5. The van der Waals surface area contributed by atoms with Crippen molar-refractivity contribution in [3.05, 3.63) is 71.8 Å². The molecule has 104 valence electrons. The predicted octanol–water partition coefficient (Wildman–Crippen LogP) is 3.66. The van der Waals surface area contributed by atoms with Gasteiger partial charge in [-0.25, -0.2) is 0 Å². The molecule has 0 unspecified atom stereocenters. The molecule has 3 aromatic carbocycles. The third-order valence-electron chi connectivity index (χ3n) is 3.53. The fourth-order valence-electron chi connectivity index (χ4n) is 2.43. The summed E-state index contributed by atoms with van der Waals surface area (Å²) >= 11 is 0. The molecule has 0 atom stereocenters. The van der Waals surface area contributed by atoms with Crippen LogP contribution in [0.25, 0.3) is 10.8 Å². The number of nitrogen functional groups attached to an aromatic ring is 1. The van der Waals surface area contributed by atoms with Gasteiger partial charge in [-0.1, -0.05) is 42.5 Å². The van der Waals surface area contributed by atoms with Gasteiger partial charge < -0.3 is 10.5 Å². The monoisotopic (exact) mass is 277 g/mol. The molecule has 3 rings (SSSR count). The van der Waals surface area contributed by atoms with Crippen molar-refractivity contribution in [3.63, 3.8) is 0 Å². The largest absolute Gasteiger partial charge is 0.495 e. The van der Waals surface area contributed by atoms with Crippen LogP contribution in [-0.4, -0.2) is 12.9 Å². The van der Waals surface area contributed by atoms with Crippen LogP contribution < -0.4 is 10.5 Å². The second-order valence-electron chi connectivity index (χ2n) is 4.81. The molecule has 0 heterocycles. The lowest BCUT2D eigenvalue weighted by atomic mass is 9.97. The molecular weight excluding hydrogens is 262 g/mol. The van der Waals surface area contributed by atoms with Gasteiger partial charge >= 0.3 is 0 Å². The Kier molecular flexibility index (Phi) is 3.32. The van der Waals surface area contributed by atoms with Gasteiger partial charge in [0.05, 0.1) is 12.8 Å². The Morgan fingerprint density at radius 1 is 1.00 bits per heavy atom. The number of nitrogens with two attached hydrogens (primary N) is 1. The summed E-state index contributed by atoms with van der Waals surface area (Å²) in [6, 6.07) is 18.7. The maximum Gasteiger partial charge on any atom is 0.193 e. The lowest BCUT2D eigenvalue weighted by Gasteiger charge is -2.09. The first-order chi connectivity index (χ1) is 10.2. The topological polar surface area (TPSA) is 52.3 Å². The molecule has 0 aliphatic carbocycles. The number of anilines is 1. The van der Waals surface area contributed by atoms with Crippen LogP contribution in [0.3, 0.4) is 0 Å². The number of carbonyl (C=O) groups excluding carboxylic acids is 1. The number of ether oxygens (including phenoxy) is 1. The lowest BCUT2D eigenvalue weighted by molar-refractivity contribution is 0.104. The first-order valence-electron chi connectivity index (χ1n) is 6.66. The second-order valence-corrected chi connectivity index (χ2v) is 4.81. The summed E-state index contributed by atoms with van der Waals surface area (Å²) in [4.78, 5) is 12.7. The van der Waals surface area contributed by atoms with Crippen molar-refractivity contribution in [1.82, 2.24) is 0 Å². The fraction of sp³-hybridized carbons (Fsp3) is 0.0556. The zero-order valence-corrected chi connectivity index (χ0v) is 11.7. The summed E-state index contributed by atoms with van der Waals surface area (Å²) in [5.41, 5.74) is 7.56. The van der Waals surface area contributed by atoms with E-state index in [0.717, 1.165) is 10.8 Å². The molecule has 0 aliphatic rings. The molecule has 21 heavy (non-hydrogen) atoms. The van der Waals surface area contributed by atoms with E-state index in [4.69, 9.17) is 10.5 Å². The molecule has 0 saturated carbocycles. The van der Waals surface area contributed by atoms with E-state index in [1.165, 1.54) is 7.11 Å².